The lowest BCUT2D eigenvalue weighted by Crippen LogP contribution is -1.87. The summed E-state index contributed by atoms with van der Waals surface area (Å²) in [6.45, 7) is 2.00. The molecule has 0 radical (unpaired) electrons. The van der Waals surface area contributed by atoms with Crippen molar-refractivity contribution < 1.29 is 4.92 Å². The first kappa shape index (κ1) is 16.6. The summed E-state index contributed by atoms with van der Waals surface area (Å²) in [5.74, 6) is 0. The highest BCUT2D eigenvalue weighted by Gasteiger charge is 2.11. The Kier molecular flexibility index (Phi) is 4.68. The molecule has 0 aliphatic carbocycles. The van der Waals surface area contributed by atoms with Crippen molar-refractivity contribution in [1.82, 2.24) is 4.98 Å². The van der Waals surface area contributed by atoms with Crippen LogP contribution in [-0.4, -0.2) is 9.91 Å². The summed E-state index contributed by atoms with van der Waals surface area (Å²) in [6, 6.07) is 16.3. The first-order valence-electron chi connectivity index (χ1n) is 7.46. The molecule has 0 unspecified atom stereocenters. The molecule has 6 heteroatoms. The number of nitro groups is 1. The number of thiazole rings is 1. The molecule has 1 aromatic heterocycles. The normalized spacial score (nSPS) is 11.1. The second-order valence-electron chi connectivity index (χ2n) is 5.43. The maximum absolute atomic E-state index is 10.7. The fourth-order valence-electron chi connectivity index (χ4n) is 2.35. The molecule has 2 aromatic carbocycles. The molecule has 0 amide bonds. The van der Waals surface area contributed by atoms with Gasteiger partial charge in [-0.1, -0.05) is 29.8 Å². The zero-order chi connectivity index (χ0) is 17.8. The van der Waals surface area contributed by atoms with Gasteiger partial charge in [0.25, 0.3) is 5.69 Å². The van der Waals surface area contributed by atoms with Gasteiger partial charge in [-0.3, -0.25) is 10.1 Å². The molecule has 0 aliphatic heterocycles. The summed E-state index contributed by atoms with van der Waals surface area (Å²) in [7, 11) is 0. The van der Waals surface area contributed by atoms with Crippen molar-refractivity contribution in [2.45, 2.75) is 6.92 Å². The molecule has 0 fully saturated rings. The van der Waals surface area contributed by atoms with Gasteiger partial charge in [0.1, 0.15) is 11.1 Å². The molecular weight excluding hydrogens is 334 g/mol. The number of aryl methyl sites for hydroxylation is 1. The summed E-state index contributed by atoms with van der Waals surface area (Å²) >= 11 is 1.38. The summed E-state index contributed by atoms with van der Waals surface area (Å²) in [5, 5.41) is 22.7. The van der Waals surface area contributed by atoms with Crippen molar-refractivity contribution in [3.8, 4) is 17.3 Å². The largest absolute Gasteiger partial charge is 0.269 e. The van der Waals surface area contributed by atoms with Gasteiger partial charge in [0.05, 0.1) is 16.2 Å². The fourth-order valence-corrected chi connectivity index (χ4v) is 3.15. The highest BCUT2D eigenvalue weighted by atomic mass is 32.1. The van der Waals surface area contributed by atoms with E-state index in [1.54, 1.807) is 12.1 Å². The van der Waals surface area contributed by atoms with Gasteiger partial charge in [-0.05, 0) is 30.7 Å². The van der Waals surface area contributed by atoms with Gasteiger partial charge in [0.15, 0.2) is 0 Å². The zero-order valence-corrected chi connectivity index (χ0v) is 14.2. The van der Waals surface area contributed by atoms with Crippen LogP contribution in [0.4, 0.5) is 5.69 Å². The van der Waals surface area contributed by atoms with E-state index in [-0.39, 0.29) is 5.69 Å². The number of allylic oxidation sites excluding steroid dienone is 1. The molecule has 0 aliphatic rings. The second-order valence-corrected chi connectivity index (χ2v) is 6.28. The summed E-state index contributed by atoms with van der Waals surface area (Å²) in [6.07, 6.45) is 1.81. The van der Waals surface area contributed by atoms with Gasteiger partial charge >= 0.3 is 0 Å². The van der Waals surface area contributed by atoms with Crippen LogP contribution in [0.2, 0.25) is 0 Å². The number of nitrogens with zero attached hydrogens (tertiary/aromatic N) is 3. The van der Waals surface area contributed by atoms with E-state index < -0.39 is 4.92 Å². The lowest BCUT2D eigenvalue weighted by atomic mass is 10.1. The third-order valence-corrected chi connectivity index (χ3v) is 4.46. The minimum atomic E-state index is -0.436. The van der Waals surface area contributed by atoms with E-state index in [4.69, 9.17) is 0 Å². The lowest BCUT2D eigenvalue weighted by molar-refractivity contribution is -0.384. The van der Waals surface area contributed by atoms with Gasteiger partial charge in [-0.2, -0.15) is 5.26 Å². The molecule has 0 bridgehead atoms. The van der Waals surface area contributed by atoms with Crippen molar-refractivity contribution >= 4 is 28.7 Å². The standard InChI is InChI=1S/C19H13N3O2S/c1-13-3-2-4-14(9-13)10-16(11-20)19-21-18(12-25-19)15-5-7-17(8-6-15)22(23)24/h2-10,12H,1H3/b16-10+. The van der Waals surface area contributed by atoms with Crippen LogP contribution in [0.15, 0.2) is 53.9 Å². The van der Waals surface area contributed by atoms with E-state index >= 15 is 0 Å². The molecular formula is C19H13N3O2S. The Hall–Kier alpha value is -3.30. The van der Waals surface area contributed by atoms with Gasteiger partial charge in [-0.15, -0.1) is 11.3 Å². The maximum Gasteiger partial charge on any atom is 0.269 e. The Morgan fingerprint density at radius 1 is 1.28 bits per heavy atom. The highest BCUT2D eigenvalue weighted by Crippen LogP contribution is 2.28. The van der Waals surface area contributed by atoms with Gasteiger partial charge in [0, 0.05) is 23.1 Å². The molecule has 5 nitrogen and oxygen atoms in total. The minimum absolute atomic E-state index is 0.0382. The average molecular weight is 347 g/mol. The summed E-state index contributed by atoms with van der Waals surface area (Å²) in [5.41, 5.74) is 4.07. The van der Waals surface area contributed by atoms with Crippen LogP contribution in [-0.2, 0) is 0 Å². The summed E-state index contributed by atoms with van der Waals surface area (Å²) < 4.78 is 0. The van der Waals surface area contributed by atoms with Crippen molar-refractivity contribution in [2.24, 2.45) is 0 Å². The van der Waals surface area contributed by atoms with Gasteiger partial charge in [-0.25, -0.2) is 4.98 Å². The molecule has 0 saturated carbocycles. The Morgan fingerprint density at radius 3 is 2.68 bits per heavy atom. The van der Waals surface area contributed by atoms with E-state index in [2.05, 4.69) is 11.1 Å². The van der Waals surface area contributed by atoms with Crippen LogP contribution in [0.5, 0.6) is 0 Å². The molecule has 0 atom stereocenters. The van der Waals surface area contributed by atoms with Crippen LogP contribution < -0.4 is 0 Å². The van der Waals surface area contributed by atoms with Crippen LogP contribution >= 0.6 is 11.3 Å². The van der Waals surface area contributed by atoms with Crippen LogP contribution in [0, 0.1) is 28.4 Å². The first-order chi connectivity index (χ1) is 12.1. The second kappa shape index (κ2) is 7.07. The number of hydrogen-bond acceptors (Lipinski definition) is 5. The summed E-state index contributed by atoms with van der Waals surface area (Å²) in [4.78, 5) is 14.8. The van der Waals surface area contributed by atoms with Crippen molar-refractivity contribution in [2.75, 3.05) is 0 Å². The molecule has 0 saturated heterocycles. The average Bonchev–Trinajstić information content (AvgIpc) is 3.09. The van der Waals surface area contributed by atoms with E-state index in [1.807, 2.05) is 42.6 Å². The minimum Gasteiger partial charge on any atom is -0.258 e. The number of benzene rings is 2. The predicted octanol–water partition coefficient (Wildman–Crippen LogP) is 5.09. The molecule has 25 heavy (non-hydrogen) atoms. The molecule has 3 rings (SSSR count). The third kappa shape index (κ3) is 3.79. The molecule has 0 N–H and O–H groups in total. The van der Waals surface area contributed by atoms with E-state index in [0.29, 0.717) is 16.3 Å². The Bertz CT molecular complexity index is 998. The number of nitriles is 1. The van der Waals surface area contributed by atoms with E-state index in [0.717, 1.165) is 16.7 Å². The smallest absolute Gasteiger partial charge is 0.258 e. The fraction of sp³-hybridized carbons (Fsp3) is 0.0526. The highest BCUT2D eigenvalue weighted by molar-refractivity contribution is 7.11. The van der Waals surface area contributed by atoms with Crippen LogP contribution in [0.1, 0.15) is 16.1 Å². The van der Waals surface area contributed by atoms with Crippen molar-refractivity contribution in [3.63, 3.8) is 0 Å². The quantitative estimate of drug-likeness (QED) is 0.374. The molecule has 122 valence electrons. The Labute approximate surface area is 148 Å². The SMILES string of the molecule is Cc1cccc(/C=C(\C#N)c2nc(-c3ccc([N+](=O)[O-])cc3)cs2)c1. The lowest BCUT2D eigenvalue weighted by Gasteiger charge is -1.98. The van der Waals surface area contributed by atoms with Crippen molar-refractivity contribution in [1.29, 1.82) is 5.26 Å². The molecule has 3 aromatic rings. The van der Waals surface area contributed by atoms with Gasteiger partial charge < -0.3 is 0 Å². The predicted molar refractivity (Wildman–Crippen MR) is 98.9 cm³/mol. The monoisotopic (exact) mass is 347 g/mol. The van der Waals surface area contributed by atoms with Crippen LogP contribution in [0.25, 0.3) is 22.9 Å². The number of nitro benzene ring substituents is 1. The Morgan fingerprint density at radius 2 is 2.04 bits per heavy atom. The number of rotatable bonds is 4. The maximum atomic E-state index is 10.7. The molecule has 0 spiro atoms. The first-order valence-corrected chi connectivity index (χ1v) is 8.34. The topological polar surface area (TPSA) is 79.8 Å². The van der Waals surface area contributed by atoms with Crippen molar-refractivity contribution in [3.05, 3.63) is 80.2 Å². The number of non-ortho nitro benzene ring substituents is 1. The zero-order valence-electron chi connectivity index (χ0n) is 13.3. The van der Waals surface area contributed by atoms with E-state index in [1.165, 1.54) is 23.5 Å². The number of hydrogen-bond donors (Lipinski definition) is 0. The Balaban J connectivity index is 1.91. The molecule has 1 heterocycles. The number of aromatic nitrogens is 1. The van der Waals surface area contributed by atoms with Crippen LogP contribution in [0.3, 0.4) is 0 Å². The van der Waals surface area contributed by atoms with Gasteiger partial charge in [0.2, 0.25) is 0 Å². The van der Waals surface area contributed by atoms with E-state index in [9.17, 15) is 15.4 Å². The third-order valence-electron chi connectivity index (χ3n) is 3.58.